The second-order valence-corrected chi connectivity index (χ2v) is 4.27. The summed E-state index contributed by atoms with van der Waals surface area (Å²) in [5.74, 6) is 0.771. The SMILES string of the molecule is CNc1ncccc1C(=N)C(C)(C)C. The summed E-state index contributed by atoms with van der Waals surface area (Å²) in [4.78, 5) is 4.18. The van der Waals surface area contributed by atoms with Gasteiger partial charge in [0.25, 0.3) is 0 Å². The minimum Gasteiger partial charge on any atom is -0.373 e. The monoisotopic (exact) mass is 191 g/mol. The van der Waals surface area contributed by atoms with Crippen LogP contribution in [0.15, 0.2) is 18.3 Å². The summed E-state index contributed by atoms with van der Waals surface area (Å²) in [6.07, 6.45) is 1.73. The van der Waals surface area contributed by atoms with E-state index >= 15 is 0 Å². The fourth-order valence-corrected chi connectivity index (χ4v) is 1.21. The maximum Gasteiger partial charge on any atom is 0.134 e. The topological polar surface area (TPSA) is 48.8 Å². The van der Waals surface area contributed by atoms with Gasteiger partial charge in [0.2, 0.25) is 0 Å². The molecule has 0 aromatic carbocycles. The van der Waals surface area contributed by atoms with E-state index in [1.807, 2.05) is 40.0 Å². The van der Waals surface area contributed by atoms with Gasteiger partial charge in [0.05, 0.1) is 0 Å². The highest BCUT2D eigenvalue weighted by Crippen LogP contribution is 2.23. The maximum atomic E-state index is 8.05. The molecule has 1 aromatic rings. The summed E-state index contributed by atoms with van der Waals surface area (Å²) in [5, 5.41) is 11.0. The highest BCUT2D eigenvalue weighted by molar-refractivity contribution is 6.05. The lowest BCUT2D eigenvalue weighted by Gasteiger charge is -2.21. The number of rotatable bonds is 2. The second-order valence-electron chi connectivity index (χ2n) is 4.27. The largest absolute Gasteiger partial charge is 0.373 e. The molecule has 0 fully saturated rings. The number of nitrogens with one attached hydrogen (secondary N) is 2. The third kappa shape index (κ3) is 2.10. The summed E-state index contributed by atoms with van der Waals surface area (Å²) in [7, 11) is 1.82. The third-order valence-corrected chi connectivity index (χ3v) is 2.06. The average Bonchev–Trinajstić information content (AvgIpc) is 2.15. The highest BCUT2D eigenvalue weighted by atomic mass is 15.0. The summed E-state index contributed by atoms with van der Waals surface area (Å²) in [6, 6.07) is 3.78. The summed E-state index contributed by atoms with van der Waals surface area (Å²) >= 11 is 0. The molecule has 76 valence electrons. The van der Waals surface area contributed by atoms with E-state index in [4.69, 9.17) is 5.41 Å². The molecule has 0 spiro atoms. The molecular weight excluding hydrogens is 174 g/mol. The Bertz CT molecular complexity index is 337. The molecule has 0 aliphatic rings. The zero-order valence-electron chi connectivity index (χ0n) is 9.18. The van der Waals surface area contributed by atoms with Crippen LogP contribution in [0.2, 0.25) is 0 Å². The molecule has 0 aliphatic heterocycles. The Morgan fingerprint density at radius 1 is 1.43 bits per heavy atom. The van der Waals surface area contributed by atoms with Crippen LogP contribution < -0.4 is 5.32 Å². The van der Waals surface area contributed by atoms with Crippen LogP contribution in [0.4, 0.5) is 5.82 Å². The van der Waals surface area contributed by atoms with Crippen molar-refractivity contribution in [2.75, 3.05) is 12.4 Å². The molecule has 1 aromatic heterocycles. The van der Waals surface area contributed by atoms with Crippen LogP contribution in [0.5, 0.6) is 0 Å². The van der Waals surface area contributed by atoms with Crippen molar-refractivity contribution in [2.24, 2.45) is 5.41 Å². The molecule has 0 atom stereocenters. The predicted octanol–water partition coefficient (Wildman–Crippen LogP) is 2.54. The van der Waals surface area contributed by atoms with Crippen LogP contribution in [0.25, 0.3) is 0 Å². The fourth-order valence-electron chi connectivity index (χ4n) is 1.21. The van der Waals surface area contributed by atoms with E-state index in [9.17, 15) is 0 Å². The molecule has 0 bridgehead atoms. The first-order valence-corrected chi connectivity index (χ1v) is 4.69. The number of pyridine rings is 1. The van der Waals surface area contributed by atoms with Crippen LogP contribution in [0.3, 0.4) is 0 Å². The Balaban J connectivity index is 3.13. The van der Waals surface area contributed by atoms with Crippen molar-refractivity contribution in [1.82, 2.24) is 4.98 Å². The zero-order chi connectivity index (χ0) is 10.8. The van der Waals surface area contributed by atoms with E-state index in [1.54, 1.807) is 6.20 Å². The lowest BCUT2D eigenvalue weighted by molar-refractivity contribution is 0.588. The van der Waals surface area contributed by atoms with Crippen molar-refractivity contribution in [2.45, 2.75) is 20.8 Å². The van der Waals surface area contributed by atoms with Gasteiger partial charge < -0.3 is 10.7 Å². The first-order valence-electron chi connectivity index (χ1n) is 4.69. The molecule has 1 rings (SSSR count). The number of anilines is 1. The average molecular weight is 191 g/mol. The first kappa shape index (κ1) is 10.7. The fraction of sp³-hybridized carbons (Fsp3) is 0.455. The quantitative estimate of drug-likeness (QED) is 0.706. The molecular formula is C11H17N3. The van der Waals surface area contributed by atoms with E-state index < -0.39 is 0 Å². The lowest BCUT2D eigenvalue weighted by Crippen LogP contribution is -2.21. The molecule has 0 radical (unpaired) electrons. The van der Waals surface area contributed by atoms with Crippen LogP contribution in [-0.2, 0) is 0 Å². The number of hydrogen-bond acceptors (Lipinski definition) is 3. The standard InChI is InChI=1S/C11H17N3/c1-11(2,3)9(12)8-6-5-7-14-10(8)13-4/h5-7,12H,1-4H3,(H,13,14). The lowest BCUT2D eigenvalue weighted by atomic mass is 9.86. The van der Waals surface area contributed by atoms with E-state index in [0.29, 0.717) is 5.71 Å². The van der Waals surface area contributed by atoms with Crippen LogP contribution in [0, 0.1) is 10.8 Å². The van der Waals surface area contributed by atoms with Crippen LogP contribution in [-0.4, -0.2) is 17.7 Å². The Labute approximate surface area is 85.1 Å². The Kier molecular flexibility index (Phi) is 2.89. The Hall–Kier alpha value is -1.38. The van der Waals surface area contributed by atoms with Gasteiger partial charge in [0.15, 0.2) is 0 Å². The van der Waals surface area contributed by atoms with Gasteiger partial charge in [-0.1, -0.05) is 20.8 Å². The smallest absolute Gasteiger partial charge is 0.134 e. The molecule has 3 nitrogen and oxygen atoms in total. The number of aromatic nitrogens is 1. The van der Waals surface area contributed by atoms with E-state index in [2.05, 4.69) is 10.3 Å². The van der Waals surface area contributed by atoms with Gasteiger partial charge in [0, 0.05) is 29.9 Å². The molecule has 14 heavy (non-hydrogen) atoms. The van der Waals surface area contributed by atoms with Crippen molar-refractivity contribution in [3.63, 3.8) is 0 Å². The minimum absolute atomic E-state index is 0.144. The Morgan fingerprint density at radius 3 is 2.57 bits per heavy atom. The molecule has 0 unspecified atom stereocenters. The first-order chi connectivity index (χ1) is 6.46. The summed E-state index contributed by atoms with van der Waals surface area (Å²) in [6.45, 7) is 6.09. The third-order valence-electron chi connectivity index (χ3n) is 2.06. The maximum absolute atomic E-state index is 8.05. The van der Waals surface area contributed by atoms with Gasteiger partial charge in [-0.3, -0.25) is 0 Å². The van der Waals surface area contributed by atoms with Crippen molar-refractivity contribution < 1.29 is 0 Å². The van der Waals surface area contributed by atoms with E-state index in [0.717, 1.165) is 11.4 Å². The van der Waals surface area contributed by atoms with Gasteiger partial charge in [-0.15, -0.1) is 0 Å². The van der Waals surface area contributed by atoms with Crippen LogP contribution >= 0.6 is 0 Å². The molecule has 1 heterocycles. The second kappa shape index (κ2) is 3.78. The molecule has 0 saturated carbocycles. The van der Waals surface area contributed by atoms with Gasteiger partial charge >= 0.3 is 0 Å². The molecule has 0 amide bonds. The zero-order valence-corrected chi connectivity index (χ0v) is 9.18. The normalized spacial score (nSPS) is 11.1. The van der Waals surface area contributed by atoms with Crippen molar-refractivity contribution in [3.8, 4) is 0 Å². The molecule has 0 saturated heterocycles. The summed E-state index contributed by atoms with van der Waals surface area (Å²) < 4.78 is 0. The molecule has 2 N–H and O–H groups in total. The predicted molar refractivity (Wildman–Crippen MR) is 60.1 cm³/mol. The van der Waals surface area contributed by atoms with Gasteiger partial charge in [-0.05, 0) is 12.1 Å². The van der Waals surface area contributed by atoms with Crippen molar-refractivity contribution in [1.29, 1.82) is 5.41 Å². The number of hydrogen-bond donors (Lipinski definition) is 2. The number of nitrogens with zero attached hydrogens (tertiary/aromatic N) is 1. The molecule has 3 heteroatoms. The van der Waals surface area contributed by atoms with Crippen LogP contribution in [0.1, 0.15) is 26.3 Å². The van der Waals surface area contributed by atoms with Crippen molar-refractivity contribution >= 4 is 11.5 Å². The van der Waals surface area contributed by atoms with Gasteiger partial charge in [-0.2, -0.15) is 0 Å². The van der Waals surface area contributed by atoms with E-state index in [-0.39, 0.29) is 5.41 Å². The highest BCUT2D eigenvalue weighted by Gasteiger charge is 2.21. The molecule has 0 aliphatic carbocycles. The van der Waals surface area contributed by atoms with Crippen molar-refractivity contribution in [3.05, 3.63) is 23.9 Å². The minimum atomic E-state index is -0.144. The van der Waals surface area contributed by atoms with Gasteiger partial charge in [0.1, 0.15) is 5.82 Å². The summed E-state index contributed by atoms with van der Waals surface area (Å²) in [5.41, 5.74) is 1.34. The van der Waals surface area contributed by atoms with Gasteiger partial charge in [-0.25, -0.2) is 4.98 Å². The van der Waals surface area contributed by atoms with E-state index in [1.165, 1.54) is 0 Å². The Morgan fingerprint density at radius 2 is 2.07 bits per heavy atom.